The SMILES string of the molecule is CCCNC(CC)c1ccc(OCCOCCC)cn1. The van der Waals surface area contributed by atoms with Crippen LogP contribution in [0.15, 0.2) is 18.3 Å². The van der Waals surface area contributed by atoms with E-state index in [1.165, 1.54) is 0 Å². The van der Waals surface area contributed by atoms with E-state index in [4.69, 9.17) is 9.47 Å². The van der Waals surface area contributed by atoms with Crippen LogP contribution in [0.3, 0.4) is 0 Å². The van der Waals surface area contributed by atoms with Crippen molar-refractivity contribution >= 4 is 0 Å². The molecule has 0 spiro atoms. The Morgan fingerprint density at radius 1 is 1.10 bits per heavy atom. The summed E-state index contributed by atoms with van der Waals surface area (Å²) in [7, 11) is 0. The predicted molar refractivity (Wildman–Crippen MR) is 82.2 cm³/mol. The van der Waals surface area contributed by atoms with Crippen molar-refractivity contribution in [3.8, 4) is 5.75 Å². The summed E-state index contributed by atoms with van der Waals surface area (Å²) in [6.45, 7) is 9.46. The Labute approximate surface area is 122 Å². The van der Waals surface area contributed by atoms with Crippen molar-refractivity contribution in [3.05, 3.63) is 24.0 Å². The second kappa shape index (κ2) is 10.6. The summed E-state index contributed by atoms with van der Waals surface area (Å²) in [4.78, 5) is 4.49. The highest BCUT2D eigenvalue weighted by Gasteiger charge is 2.09. The average Bonchev–Trinajstić information content (AvgIpc) is 2.49. The monoisotopic (exact) mass is 280 g/mol. The van der Waals surface area contributed by atoms with Crippen LogP contribution in [0.25, 0.3) is 0 Å². The molecule has 0 amide bonds. The van der Waals surface area contributed by atoms with Crippen LogP contribution >= 0.6 is 0 Å². The fourth-order valence-corrected chi connectivity index (χ4v) is 1.92. The first-order chi connectivity index (χ1) is 9.81. The summed E-state index contributed by atoms with van der Waals surface area (Å²) in [5, 5.41) is 3.50. The number of pyridine rings is 1. The van der Waals surface area contributed by atoms with E-state index in [1.807, 2.05) is 12.1 Å². The van der Waals surface area contributed by atoms with E-state index in [0.717, 1.165) is 43.9 Å². The Morgan fingerprint density at radius 2 is 1.95 bits per heavy atom. The smallest absolute Gasteiger partial charge is 0.137 e. The minimum Gasteiger partial charge on any atom is -0.490 e. The van der Waals surface area contributed by atoms with Gasteiger partial charge in [0.05, 0.1) is 18.5 Å². The van der Waals surface area contributed by atoms with Gasteiger partial charge in [0.1, 0.15) is 12.4 Å². The number of nitrogens with one attached hydrogen (secondary N) is 1. The highest BCUT2D eigenvalue weighted by molar-refractivity contribution is 5.21. The lowest BCUT2D eigenvalue weighted by atomic mass is 10.1. The molecular weight excluding hydrogens is 252 g/mol. The number of rotatable bonds is 11. The molecule has 1 aromatic rings. The molecule has 0 aromatic carbocycles. The highest BCUT2D eigenvalue weighted by Crippen LogP contribution is 2.17. The van der Waals surface area contributed by atoms with Crippen LogP contribution in [0.1, 0.15) is 51.8 Å². The van der Waals surface area contributed by atoms with Crippen molar-refractivity contribution in [2.45, 2.75) is 46.1 Å². The van der Waals surface area contributed by atoms with Crippen LogP contribution in [-0.4, -0.2) is 31.3 Å². The van der Waals surface area contributed by atoms with Crippen LogP contribution in [-0.2, 0) is 4.74 Å². The summed E-state index contributed by atoms with van der Waals surface area (Å²) >= 11 is 0. The molecule has 1 aromatic heterocycles. The first kappa shape index (κ1) is 16.9. The molecular formula is C16H28N2O2. The molecule has 1 rings (SSSR count). The number of hydrogen-bond acceptors (Lipinski definition) is 4. The van der Waals surface area contributed by atoms with E-state index in [9.17, 15) is 0 Å². The number of nitrogens with zero attached hydrogens (tertiary/aromatic N) is 1. The molecule has 1 unspecified atom stereocenters. The Hall–Kier alpha value is -1.13. The second-order valence-electron chi connectivity index (χ2n) is 4.79. The summed E-state index contributed by atoms with van der Waals surface area (Å²) in [6.07, 6.45) is 5.01. The first-order valence-electron chi connectivity index (χ1n) is 7.71. The van der Waals surface area contributed by atoms with E-state index in [1.54, 1.807) is 6.20 Å². The third kappa shape index (κ3) is 6.35. The molecule has 1 atom stereocenters. The predicted octanol–water partition coefficient (Wildman–Crippen LogP) is 3.34. The van der Waals surface area contributed by atoms with E-state index < -0.39 is 0 Å². The number of hydrogen-bond donors (Lipinski definition) is 1. The third-order valence-corrected chi connectivity index (χ3v) is 3.01. The zero-order chi connectivity index (χ0) is 14.6. The maximum Gasteiger partial charge on any atom is 0.137 e. The molecule has 0 bridgehead atoms. The van der Waals surface area contributed by atoms with Gasteiger partial charge in [-0.25, -0.2) is 0 Å². The van der Waals surface area contributed by atoms with Gasteiger partial charge in [0, 0.05) is 12.6 Å². The van der Waals surface area contributed by atoms with E-state index >= 15 is 0 Å². The van der Waals surface area contributed by atoms with Gasteiger partial charge in [-0.1, -0.05) is 20.8 Å². The summed E-state index contributed by atoms with van der Waals surface area (Å²) in [5.74, 6) is 0.805. The summed E-state index contributed by atoms with van der Waals surface area (Å²) < 4.78 is 11.0. The van der Waals surface area contributed by atoms with Gasteiger partial charge in [-0.05, 0) is 37.9 Å². The third-order valence-electron chi connectivity index (χ3n) is 3.01. The van der Waals surface area contributed by atoms with Crippen molar-refractivity contribution in [1.82, 2.24) is 10.3 Å². The first-order valence-corrected chi connectivity index (χ1v) is 7.71. The van der Waals surface area contributed by atoms with Crippen molar-refractivity contribution in [2.24, 2.45) is 0 Å². The van der Waals surface area contributed by atoms with E-state index in [0.29, 0.717) is 19.3 Å². The molecule has 4 nitrogen and oxygen atoms in total. The van der Waals surface area contributed by atoms with E-state index in [2.05, 4.69) is 31.1 Å². The minimum absolute atomic E-state index is 0.330. The van der Waals surface area contributed by atoms with Crippen LogP contribution in [0, 0.1) is 0 Å². The van der Waals surface area contributed by atoms with E-state index in [-0.39, 0.29) is 0 Å². The van der Waals surface area contributed by atoms with Crippen molar-refractivity contribution in [3.63, 3.8) is 0 Å². The molecule has 114 valence electrons. The maximum atomic E-state index is 5.59. The molecule has 1 N–H and O–H groups in total. The highest BCUT2D eigenvalue weighted by atomic mass is 16.5. The minimum atomic E-state index is 0.330. The van der Waals surface area contributed by atoms with Crippen LogP contribution in [0.2, 0.25) is 0 Å². The molecule has 1 heterocycles. The second-order valence-corrected chi connectivity index (χ2v) is 4.79. The molecule has 0 saturated heterocycles. The maximum absolute atomic E-state index is 5.59. The number of aromatic nitrogens is 1. The Morgan fingerprint density at radius 3 is 2.55 bits per heavy atom. The van der Waals surface area contributed by atoms with Gasteiger partial charge in [0.25, 0.3) is 0 Å². The van der Waals surface area contributed by atoms with Gasteiger partial charge >= 0.3 is 0 Å². The molecule has 0 aliphatic carbocycles. The summed E-state index contributed by atoms with van der Waals surface area (Å²) in [5.41, 5.74) is 1.08. The molecule has 4 heteroatoms. The lowest BCUT2D eigenvalue weighted by Crippen LogP contribution is -2.22. The largest absolute Gasteiger partial charge is 0.490 e. The fourth-order valence-electron chi connectivity index (χ4n) is 1.92. The van der Waals surface area contributed by atoms with Gasteiger partial charge in [0.15, 0.2) is 0 Å². The van der Waals surface area contributed by atoms with Crippen molar-refractivity contribution in [2.75, 3.05) is 26.4 Å². The van der Waals surface area contributed by atoms with Crippen LogP contribution < -0.4 is 10.1 Å². The summed E-state index contributed by atoms with van der Waals surface area (Å²) in [6, 6.07) is 4.36. The Bertz CT molecular complexity index is 341. The Balaban J connectivity index is 2.38. The zero-order valence-electron chi connectivity index (χ0n) is 13.0. The molecule has 20 heavy (non-hydrogen) atoms. The lowest BCUT2D eigenvalue weighted by molar-refractivity contribution is 0.100. The Kier molecular flexibility index (Phi) is 9.00. The molecule has 0 saturated carbocycles. The molecule has 0 aliphatic rings. The lowest BCUT2D eigenvalue weighted by Gasteiger charge is -2.16. The van der Waals surface area contributed by atoms with Gasteiger partial charge in [0.2, 0.25) is 0 Å². The van der Waals surface area contributed by atoms with Crippen molar-refractivity contribution < 1.29 is 9.47 Å². The van der Waals surface area contributed by atoms with Crippen molar-refractivity contribution in [1.29, 1.82) is 0 Å². The fraction of sp³-hybridized carbons (Fsp3) is 0.688. The topological polar surface area (TPSA) is 43.4 Å². The molecule has 0 radical (unpaired) electrons. The quantitative estimate of drug-likeness (QED) is 0.631. The van der Waals surface area contributed by atoms with Crippen LogP contribution in [0.5, 0.6) is 5.75 Å². The van der Waals surface area contributed by atoms with Crippen LogP contribution in [0.4, 0.5) is 0 Å². The van der Waals surface area contributed by atoms with Gasteiger partial charge in [-0.3, -0.25) is 4.98 Å². The molecule has 0 aliphatic heterocycles. The molecule has 0 fully saturated rings. The van der Waals surface area contributed by atoms with Gasteiger partial charge in [-0.15, -0.1) is 0 Å². The number of ether oxygens (including phenoxy) is 2. The standard InChI is InChI=1S/C16H28N2O2/c1-4-9-17-15(6-3)16-8-7-14(13-18-16)20-12-11-19-10-5-2/h7-8,13,15,17H,4-6,9-12H2,1-3H3. The zero-order valence-corrected chi connectivity index (χ0v) is 13.0. The van der Waals surface area contributed by atoms with Gasteiger partial charge < -0.3 is 14.8 Å². The van der Waals surface area contributed by atoms with Gasteiger partial charge in [-0.2, -0.15) is 0 Å². The average molecular weight is 280 g/mol. The normalized spacial score (nSPS) is 12.3.